The molecule has 0 atom stereocenters. The van der Waals surface area contributed by atoms with E-state index in [0.29, 0.717) is 11.4 Å². The van der Waals surface area contributed by atoms with Crippen LogP contribution in [0.2, 0.25) is 0 Å². The fraction of sp³-hybridized carbons (Fsp3) is 0.353. The Morgan fingerprint density at radius 1 is 1.17 bits per heavy atom. The van der Waals surface area contributed by atoms with Gasteiger partial charge in [-0.15, -0.1) is 23.7 Å². The van der Waals surface area contributed by atoms with E-state index in [-0.39, 0.29) is 24.1 Å². The first-order valence-corrected chi connectivity index (χ1v) is 8.61. The normalized spacial score (nSPS) is 14.9. The van der Waals surface area contributed by atoms with Crippen molar-refractivity contribution in [1.82, 2.24) is 15.5 Å². The topological polar surface area (TPSA) is 44.4 Å². The lowest BCUT2D eigenvalue weighted by Gasteiger charge is -2.26. The molecular formula is C17H21ClFN3OS. The molecule has 1 aromatic heterocycles. The Hall–Kier alpha value is -1.47. The third-order valence-corrected chi connectivity index (χ3v) is 5.01. The van der Waals surface area contributed by atoms with Crippen LogP contribution in [0.4, 0.5) is 4.39 Å². The summed E-state index contributed by atoms with van der Waals surface area (Å²) in [5, 5.41) is 6.28. The van der Waals surface area contributed by atoms with Crippen molar-refractivity contribution in [2.45, 2.75) is 0 Å². The van der Waals surface area contributed by atoms with E-state index in [1.54, 1.807) is 12.1 Å². The number of thiophene rings is 1. The molecule has 0 saturated carbocycles. The Balaban J connectivity index is 0.00000208. The average molecular weight is 370 g/mol. The van der Waals surface area contributed by atoms with Crippen molar-refractivity contribution >= 4 is 29.7 Å². The lowest BCUT2D eigenvalue weighted by Crippen LogP contribution is -2.46. The van der Waals surface area contributed by atoms with Crippen LogP contribution in [-0.4, -0.2) is 50.1 Å². The van der Waals surface area contributed by atoms with E-state index < -0.39 is 0 Å². The standard InChI is InChI=1S/C17H20FN3OS.ClH/c18-14-3-1-13(2-4-14)15-5-6-16(23-15)17(22)20-9-12-21-10-7-19-8-11-21;/h1-6,19H,7-12H2,(H,20,22);1H. The van der Waals surface area contributed by atoms with Crippen molar-refractivity contribution in [2.24, 2.45) is 0 Å². The van der Waals surface area contributed by atoms with Gasteiger partial charge in [-0.2, -0.15) is 0 Å². The second kappa shape index (κ2) is 9.13. The number of carbonyl (C=O) groups excluding carboxylic acids is 1. The number of carbonyl (C=O) groups is 1. The first kappa shape index (κ1) is 18.9. The molecule has 2 N–H and O–H groups in total. The minimum atomic E-state index is -0.254. The van der Waals surface area contributed by atoms with Crippen molar-refractivity contribution in [3.8, 4) is 10.4 Å². The maximum absolute atomic E-state index is 13.0. The largest absolute Gasteiger partial charge is 0.350 e. The monoisotopic (exact) mass is 369 g/mol. The van der Waals surface area contributed by atoms with Crippen LogP contribution in [0.5, 0.6) is 0 Å². The van der Waals surface area contributed by atoms with Crippen LogP contribution < -0.4 is 10.6 Å². The summed E-state index contributed by atoms with van der Waals surface area (Å²) in [6, 6.07) is 10.1. The SMILES string of the molecule is Cl.O=C(NCCN1CCNCC1)c1ccc(-c2ccc(F)cc2)s1. The average Bonchev–Trinajstić information content (AvgIpc) is 3.06. The van der Waals surface area contributed by atoms with Crippen LogP contribution in [0.3, 0.4) is 0 Å². The van der Waals surface area contributed by atoms with Gasteiger partial charge in [0.1, 0.15) is 5.82 Å². The predicted octanol–water partition coefficient (Wildman–Crippen LogP) is 2.61. The minimum absolute atomic E-state index is 0. The number of hydrogen-bond acceptors (Lipinski definition) is 4. The highest BCUT2D eigenvalue weighted by molar-refractivity contribution is 7.17. The lowest BCUT2D eigenvalue weighted by molar-refractivity contribution is 0.0951. The van der Waals surface area contributed by atoms with Crippen LogP contribution in [0.25, 0.3) is 10.4 Å². The smallest absolute Gasteiger partial charge is 0.261 e. The number of hydrogen-bond donors (Lipinski definition) is 2. The summed E-state index contributed by atoms with van der Waals surface area (Å²) in [5.74, 6) is -0.297. The molecule has 2 heterocycles. The maximum atomic E-state index is 13.0. The first-order chi connectivity index (χ1) is 11.2. The molecule has 0 radical (unpaired) electrons. The molecule has 3 rings (SSSR count). The summed E-state index contributed by atoms with van der Waals surface area (Å²) in [5.41, 5.74) is 0.927. The molecule has 1 aliphatic heterocycles. The third kappa shape index (κ3) is 5.01. The van der Waals surface area contributed by atoms with E-state index in [2.05, 4.69) is 15.5 Å². The molecule has 0 spiro atoms. The summed E-state index contributed by atoms with van der Waals surface area (Å²) < 4.78 is 13.0. The Morgan fingerprint density at radius 2 is 1.88 bits per heavy atom. The van der Waals surface area contributed by atoms with Gasteiger partial charge in [-0.05, 0) is 29.8 Å². The second-order valence-electron chi connectivity index (χ2n) is 5.52. The highest BCUT2D eigenvalue weighted by atomic mass is 35.5. The molecule has 1 amide bonds. The van der Waals surface area contributed by atoms with E-state index in [9.17, 15) is 9.18 Å². The Bertz CT molecular complexity index is 656. The lowest BCUT2D eigenvalue weighted by atomic mass is 10.2. The third-order valence-electron chi connectivity index (χ3n) is 3.88. The molecule has 1 aromatic carbocycles. The maximum Gasteiger partial charge on any atom is 0.261 e. The molecule has 130 valence electrons. The summed E-state index contributed by atoms with van der Waals surface area (Å²) in [6.07, 6.45) is 0. The van der Waals surface area contributed by atoms with Gasteiger partial charge >= 0.3 is 0 Å². The van der Waals surface area contributed by atoms with E-state index in [1.165, 1.54) is 23.5 Å². The molecule has 1 saturated heterocycles. The van der Waals surface area contributed by atoms with Crippen LogP contribution in [0.15, 0.2) is 36.4 Å². The van der Waals surface area contributed by atoms with Gasteiger partial charge in [0.25, 0.3) is 5.91 Å². The molecule has 24 heavy (non-hydrogen) atoms. The first-order valence-electron chi connectivity index (χ1n) is 7.79. The fourth-order valence-corrected chi connectivity index (χ4v) is 3.51. The molecule has 0 bridgehead atoms. The van der Waals surface area contributed by atoms with Crippen LogP contribution in [0, 0.1) is 5.82 Å². The predicted molar refractivity (Wildman–Crippen MR) is 98.6 cm³/mol. The molecule has 1 fully saturated rings. The fourth-order valence-electron chi connectivity index (χ4n) is 2.58. The molecule has 7 heteroatoms. The number of rotatable bonds is 5. The van der Waals surface area contributed by atoms with Gasteiger partial charge in [0.05, 0.1) is 4.88 Å². The number of nitrogens with one attached hydrogen (secondary N) is 2. The van der Waals surface area contributed by atoms with Crippen molar-refractivity contribution < 1.29 is 9.18 Å². The minimum Gasteiger partial charge on any atom is -0.350 e. The van der Waals surface area contributed by atoms with E-state index in [0.717, 1.165) is 43.2 Å². The van der Waals surface area contributed by atoms with Gasteiger partial charge in [-0.3, -0.25) is 9.69 Å². The van der Waals surface area contributed by atoms with Crippen molar-refractivity contribution in [1.29, 1.82) is 0 Å². The summed E-state index contributed by atoms with van der Waals surface area (Å²) in [4.78, 5) is 16.2. The Kier molecular flexibility index (Phi) is 7.17. The van der Waals surface area contributed by atoms with Crippen LogP contribution in [-0.2, 0) is 0 Å². The van der Waals surface area contributed by atoms with Crippen LogP contribution in [0.1, 0.15) is 9.67 Å². The summed E-state index contributed by atoms with van der Waals surface area (Å²) >= 11 is 1.43. The summed E-state index contributed by atoms with van der Waals surface area (Å²) in [7, 11) is 0. The van der Waals surface area contributed by atoms with E-state index in [4.69, 9.17) is 0 Å². The molecule has 0 aliphatic carbocycles. The molecule has 1 aliphatic rings. The number of piperazine rings is 1. The number of halogens is 2. The highest BCUT2D eigenvalue weighted by Gasteiger charge is 2.12. The zero-order chi connectivity index (χ0) is 16.1. The van der Waals surface area contributed by atoms with Crippen LogP contribution >= 0.6 is 23.7 Å². The van der Waals surface area contributed by atoms with Crippen molar-refractivity contribution in [2.75, 3.05) is 39.3 Å². The highest BCUT2D eigenvalue weighted by Crippen LogP contribution is 2.28. The van der Waals surface area contributed by atoms with Crippen molar-refractivity contribution in [3.63, 3.8) is 0 Å². The molecule has 2 aromatic rings. The quantitative estimate of drug-likeness (QED) is 0.851. The Labute approximate surface area is 151 Å². The number of nitrogens with zero attached hydrogens (tertiary/aromatic N) is 1. The molecule has 4 nitrogen and oxygen atoms in total. The van der Waals surface area contributed by atoms with Gasteiger partial charge in [-0.25, -0.2) is 4.39 Å². The van der Waals surface area contributed by atoms with Gasteiger partial charge in [0.15, 0.2) is 0 Å². The molecule has 0 unspecified atom stereocenters. The van der Waals surface area contributed by atoms with Gasteiger partial charge in [-0.1, -0.05) is 12.1 Å². The number of benzene rings is 1. The van der Waals surface area contributed by atoms with Gasteiger partial charge in [0.2, 0.25) is 0 Å². The summed E-state index contributed by atoms with van der Waals surface area (Å²) in [6.45, 7) is 5.62. The van der Waals surface area contributed by atoms with Crippen molar-refractivity contribution in [3.05, 3.63) is 47.1 Å². The second-order valence-corrected chi connectivity index (χ2v) is 6.60. The zero-order valence-corrected chi connectivity index (χ0v) is 14.9. The van der Waals surface area contributed by atoms with Gasteiger partial charge in [0, 0.05) is 44.1 Å². The zero-order valence-electron chi connectivity index (χ0n) is 13.3. The van der Waals surface area contributed by atoms with E-state index >= 15 is 0 Å². The van der Waals surface area contributed by atoms with Gasteiger partial charge < -0.3 is 10.6 Å². The van der Waals surface area contributed by atoms with E-state index in [1.807, 2.05) is 12.1 Å². The number of amides is 1. The molecular weight excluding hydrogens is 349 g/mol. The Morgan fingerprint density at radius 3 is 2.58 bits per heavy atom.